The van der Waals surface area contributed by atoms with E-state index >= 15 is 0 Å². The van der Waals surface area contributed by atoms with Crippen molar-refractivity contribution in [2.75, 3.05) is 19.8 Å². The molecule has 0 amide bonds. The Morgan fingerprint density at radius 3 is 2.70 bits per heavy atom. The Bertz CT molecular complexity index is 553. The quantitative estimate of drug-likeness (QED) is 0.674. The second kappa shape index (κ2) is 5.86. The van der Waals surface area contributed by atoms with Gasteiger partial charge in [0.05, 0.1) is 6.61 Å². The lowest BCUT2D eigenvalue weighted by Gasteiger charge is -2.39. The minimum atomic E-state index is -4.16. The zero-order valence-electron chi connectivity index (χ0n) is 13.1. The normalized spacial score (nSPS) is 42.4. The van der Waals surface area contributed by atoms with Gasteiger partial charge in [0.25, 0.3) is 6.48 Å². The molecule has 3 heterocycles. The van der Waals surface area contributed by atoms with Gasteiger partial charge in [-0.15, -0.1) is 0 Å². The topological polar surface area (TPSA) is 125 Å². The van der Waals surface area contributed by atoms with Crippen molar-refractivity contribution in [3.63, 3.8) is 0 Å². The minimum absolute atomic E-state index is 0.109. The lowest BCUT2D eigenvalue weighted by atomic mass is 9.98. The Morgan fingerprint density at radius 1 is 1.30 bits per heavy atom. The molecule has 3 fully saturated rings. The van der Waals surface area contributed by atoms with Crippen LogP contribution in [0.2, 0.25) is 0 Å². The monoisotopic (exact) mass is 355 g/mol. The van der Waals surface area contributed by atoms with Crippen LogP contribution in [0.15, 0.2) is 0 Å². The lowest BCUT2D eigenvalue weighted by molar-refractivity contribution is -0.290. The average molecular weight is 355 g/mol. The van der Waals surface area contributed by atoms with Crippen LogP contribution in [0.5, 0.6) is 0 Å². The fraction of sp³-hybridized carbons (Fsp3) is 1.00. The fourth-order valence-electron chi connectivity index (χ4n) is 2.95. The van der Waals surface area contributed by atoms with E-state index in [-0.39, 0.29) is 6.61 Å². The second-order valence-electron chi connectivity index (χ2n) is 5.94. The second-order valence-corrected chi connectivity index (χ2v) is 7.16. The molecule has 0 saturated carbocycles. The van der Waals surface area contributed by atoms with Crippen LogP contribution in [0.1, 0.15) is 20.8 Å². The van der Waals surface area contributed by atoms with Crippen LogP contribution in [-0.4, -0.2) is 64.6 Å². The van der Waals surface area contributed by atoms with Gasteiger partial charge >= 0.3 is 10.3 Å². The Morgan fingerprint density at radius 2 is 2.04 bits per heavy atom. The third kappa shape index (κ3) is 3.52. The van der Waals surface area contributed by atoms with Crippen LogP contribution in [0.25, 0.3) is 0 Å². The van der Waals surface area contributed by atoms with Gasteiger partial charge in [0.2, 0.25) is 5.79 Å². The number of hydrogen-bond acceptors (Lipinski definition) is 9. The number of hydrogen-bond donors (Lipinski definition) is 1. The molecule has 3 aliphatic heterocycles. The van der Waals surface area contributed by atoms with Crippen LogP contribution >= 0.6 is 0 Å². The largest absolute Gasteiger partial charge is 0.343 e. The Hall–Kier alpha value is -0.370. The maximum Gasteiger partial charge on any atom is 0.333 e. The standard InChI is InChI=1S/C12H21NO9S/c1-4-16-10-19-7-5-17-12(6-18-23(13,14)15)9(8(7)20-10)21-11(2,3)22-12/h7-10H,4-6H2,1-3H3,(H2,13,14,15)/t7-,8-,9+,10?,12+/m1/s1. The van der Waals surface area contributed by atoms with Gasteiger partial charge in [-0.2, -0.15) is 8.42 Å². The summed E-state index contributed by atoms with van der Waals surface area (Å²) in [5, 5.41) is 4.89. The van der Waals surface area contributed by atoms with Crippen LogP contribution in [-0.2, 0) is 42.9 Å². The van der Waals surface area contributed by atoms with Crippen molar-refractivity contribution >= 4 is 10.3 Å². The summed E-state index contributed by atoms with van der Waals surface area (Å²) in [6.45, 7) is 4.41. The molecule has 0 bridgehead atoms. The summed E-state index contributed by atoms with van der Waals surface area (Å²) < 4.78 is 60.8. The third-order valence-corrected chi connectivity index (χ3v) is 4.15. The molecular weight excluding hydrogens is 334 g/mol. The van der Waals surface area contributed by atoms with E-state index in [2.05, 4.69) is 4.18 Å². The molecule has 134 valence electrons. The van der Waals surface area contributed by atoms with Gasteiger partial charge in [-0.05, 0) is 20.8 Å². The Kier molecular flexibility index (Phi) is 4.45. The highest BCUT2D eigenvalue weighted by Crippen LogP contribution is 2.46. The first kappa shape index (κ1) is 17.5. The molecule has 10 nitrogen and oxygen atoms in total. The number of rotatable bonds is 5. The lowest BCUT2D eigenvalue weighted by Crippen LogP contribution is -2.60. The zero-order chi connectivity index (χ0) is 16.9. The van der Waals surface area contributed by atoms with Crippen molar-refractivity contribution in [1.29, 1.82) is 0 Å². The maximum absolute atomic E-state index is 11.1. The first-order chi connectivity index (χ1) is 10.6. The molecule has 2 N–H and O–H groups in total. The van der Waals surface area contributed by atoms with E-state index in [4.69, 9.17) is 33.6 Å². The van der Waals surface area contributed by atoms with Gasteiger partial charge in [-0.1, -0.05) is 0 Å². The molecule has 23 heavy (non-hydrogen) atoms. The van der Waals surface area contributed by atoms with Crippen LogP contribution in [0.4, 0.5) is 0 Å². The first-order valence-electron chi connectivity index (χ1n) is 7.26. The molecule has 3 saturated heterocycles. The molecule has 0 aliphatic carbocycles. The van der Waals surface area contributed by atoms with E-state index in [9.17, 15) is 8.42 Å². The van der Waals surface area contributed by atoms with Crippen molar-refractivity contribution in [1.82, 2.24) is 0 Å². The molecule has 0 aromatic heterocycles. The van der Waals surface area contributed by atoms with Crippen LogP contribution in [0.3, 0.4) is 0 Å². The molecule has 5 atom stereocenters. The van der Waals surface area contributed by atoms with Crippen LogP contribution in [0, 0.1) is 0 Å². The van der Waals surface area contributed by atoms with Gasteiger partial charge in [0.1, 0.15) is 24.9 Å². The van der Waals surface area contributed by atoms with Gasteiger partial charge in [-0.3, -0.25) is 4.18 Å². The van der Waals surface area contributed by atoms with E-state index in [0.29, 0.717) is 6.61 Å². The highest BCUT2D eigenvalue weighted by atomic mass is 32.2. The van der Waals surface area contributed by atoms with E-state index in [1.807, 2.05) is 6.92 Å². The average Bonchev–Trinajstić information content (AvgIpc) is 2.93. The van der Waals surface area contributed by atoms with Gasteiger partial charge in [0, 0.05) is 6.61 Å². The summed E-state index contributed by atoms with van der Waals surface area (Å²) in [5.41, 5.74) is 0. The molecule has 3 rings (SSSR count). The first-order valence-corrected chi connectivity index (χ1v) is 8.73. The summed E-state index contributed by atoms with van der Waals surface area (Å²) >= 11 is 0. The molecule has 0 aromatic rings. The smallest absolute Gasteiger partial charge is 0.333 e. The molecule has 3 aliphatic rings. The zero-order valence-corrected chi connectivity index (χ0v) is 13.9. The fourth-order valence-corrected chi connectivity index (χ4v) is 3.28. The maximum atomic E-state index is 11.1. The van der Waals surface area contributed by atoms with Gasteiger partial charge < -0.3 is 28.4 Å². The van der Waals surface area contributed by atoms with Crippen molar-refractivity contribution in [3.05, 3.63) is 0 Å². The van der Waals surface area contributed by atoms with Crippen molar-refractivity contribution < 1.29 is 41.0 Å². The Balaban J connectivity index is 1.81. The number of fused-ring (bicyclic) bond motifs is 3. The minimum Gasteiger partial charge on any atom is -0.343 e. The Labute approximate surface area is 134 Å². The van der Waals surface area contributed by atoms with Gasteiger partial charge in [0.15, 0.2) is 5.79 Å². The molecule has 11 heteroatoms. The molecule has 0 radical (unpaired) electrons. The summed E-state index contributed by atoms with van der Waals surface area (Å²) in [6.07, 6.45) is -1.73. The van der Waals surface area contributed by atoms with Gasteiger partial charge in [-0.25, -0.2) is 5.14 Å². The predicted molar refractivity (Wildman–Crippen MR) is 72.9 cm³/mol. The predicted octanol–water partition coefficient (Wildman–Crippen LogP) is -0.811. The van der Waals surface area contributed by atoms with Crippen molar-refractivity contribution in [2.24, 2.45) is 5.14 Å². The third-order valence-electron chi connectivity index (χ3n) is 3.70. The molecule has 1 unspecified atom stereocenters. The van der Waals surface area contributed by atoms with Crippen molar-refractivity contribution in [3.8, 4) is 0 Å². The summed E-state index contributed by atoms with van der Waals surface area (Å²) in [4.78, 5) is 0. The summed E-state index contributed by atoms with van der Waals surface area (Å²) in [5.74, 6) is -2.48. The highest BCUT2D eigenvalue weighted by molar-refractivity contribution is 7.84. The summed E-state index contributed by atoms with van der Waals surface area (Å²) in [7, 11) is -4.16. The van der Waals surface area contributed by atoms with E-state index in [1.54, 1.807) is 13.8 Å². The summed E-state index contributed by atoms with van der Waals surface area (Å²) in [6, 6.07) is 0. The van der Waals surface area contributed by atoms with E-state index in [0.717, 1.165) is 0 Å². The molecular formula is C12H21NO9S. The van der Waals surface area contributed by atoms with Crippen LogP contribution < -0.4 is 5.14 Å². The molecule has 0 aromatic carbocycles. The number of nitrogens with two attached hydrogens (primary N) is 1. The number of ether oxygens (including phenoxy) is 6. The van der Waals surface area contributed by atoms with E-state index < -0.39 is 53.3 Å². The highest BCUT2D eigenvalue weighted by Gasteiger charge is 2.65. The van der Waals surface area contributed by atoms with E-state index in [1.165, 1.54) is 0 Å². The SMILES string of the molecule is CCOC1O[C@@H]2[C@@H](CO[C@@]3(COS(N)(=O)=O)OC(C)(C)O[C@@H]23)O1. The molecule has 0 spiro atoms. The van der Waals surface area contributed by atoms with Crippen molar-refractivity contribution in [2.45, 2.75) is 57.1 Å².